The molecule has 1 unspecified atom stereocenters. The summed E-state index contributed by atoms with van der Waals surface area (Å²) in [5, 5.41) is 3.70. The van der Waals surface area contributed by atoms with Crippen LogP contribution in [-0.4, -0.2) is 6.54 Å². The summed E-state index contributed by atoms with van der Waals surface area (Å²) in [5.74, 6) is 3.54. The lowest BCUT2D eigenvalue weighted by Gasteiger charge is -2.35. The van der Waals surface area contributed by atoms with Crippen molar-refractivity contribution in [2.24, 2.45) is 17.8 Å². The molecule has 2 nitrogen and oxygen atoms in total. The predicted octanol–water partition coefficient (Wildman–Crippen LogP) is 5.55. The summed E-state index contributed by atoms with van der Waals surface area (Å²) in [6, 6.07) is 2.38. The minimum absolute atomic E-state index is 0.368. The van der Waals surface area contributed by atoms with Gasteiger partial charge in [-0.15, -0.1) is 0 Å². The average molecular weight is 342 g/mol. The van der Waals surface area contributed by atoms with Gasteiger partial charge >= 0.3 is 0 Å². The van der Waals surface area contributed by atoms with Crippen LogP contribution in [0.15, 0.2) is 21.2 Å². The molecule has 1 fully saturated rings. The molecule has 1 N–H and O–H groups in total. The Hall–Kier alpha value is -0.280. The van der Waals surface area contributed by atoms with E-state index in [-0.39, 0.29) is 0 Å². The molecule has 0 amide bonds. The van der Waals surface area contributed by atoms with Gasteiger partial charge in [-0.2, -0.15) is 0 Å². The molecule has 1 atom stereocenters. The Morgan fingerprint density at radius 1 is 1.25 bits per heavy atom. The summed E-state index contributed by atoms with van der Waals surface area (Å²) in [6.07, 6.45) is 8.32. The van der Waals surface area contributed by atoms with E-state index in [1.54, 1.807) is 6.26 Å². The summed E-state index contributed by atoms with van der Waals surface area (Å²) >= 11 is 3.63. The van der Waals surface area contributed by atoms with E-state index >= 15 is 0 Å². The smallest absolute Gasteiger partial charge is 0.135 e. The maximum atomic E-state index is 5.74. The molecule has 0 aromatic carbocycles. The summed E-state index contributed by atoms with van der Waals surface area (Å²) in [7, 11) is 0. The first-order chi connectivity index (χ1) is 9.63. The van der Waals surface area contributed by atoms with E-state index in [4.69, 9.17) is 4.42 Å². The molecule has 0 aliphatic heterocycles. The zero-order chi connectivity index (χ0) is 14.5. The van der Waals surface area contributed by atoms with E-state index in [2.05, 4.69) is 42.0 Å². The van der Waals surface area contributed by atoms with Crippen LogP contribution in [0.5, 0.6) is 0 Å². The van der Waals surface area contributed by atoms with Crippen LogP contribution in [0.3, 0.4) is 0 Å². The second kappa shape index (κ2) is 7.65. The van der Waals surface area contributed by atoms with Crippen LogP contribution in [-0.2, 0) is 0 Å². The third kappa shape index (κ3) is 3.88. The Morgan fingerprint density at radius 2 is 1.90 bits per heavy atom. The quantitative estimate of drug-likeness (QED) is 0.734. The van der Waals surface area contributed by atoms with E-state index < -0.39 is 0 Å². The third-order valence-corrected chi connectivity index (χ3v) is 5.43. The van der Waals surface area contributed by atoms with Gasteiger partial charge in [0, 0.05) is 0 Å². The molecule has 1 aromatic rings. The van der Waals surface area contributed by atoms with E-state index in [1.165, 1.54) is 25.7 Å². The first kappa shape index (κ1) is 16.1. The molecule has 1 heterocycles. The number of nitrogens with one attached hydrogen (secondary N) is 1. The van der Waals surface area contributed by atoms with Crippen LogP contribution >= 0.6 is 15.9 Å². The number of rotatable bonds is 6. The topological polar surface area (TPSA) is 25.2 Å². The zero-order valence-corrected chi connectivity index (χ0v) is 14.6. The minimum Gasteiger partial charge on any atom is -0.466 e. The Bertz CT molecular complexity index is 393. The lowest BCUT2D eigenvalue weighted by atomic mass is 9.74. The van der Waals surface area contributed by atoms with Gasteiger partial charge in [0.05, 0.1) is 16.8 Å². The number of hydrogen-bond donors (Lipinski definition) is 1. The highest BCUT2D eigenvalue weighted by Gasteiger charge is 2.31. The fourth-order valence-corrected chi connectivity index (χ4v) is 3.89. The Labute approximate surface area is 131 Å². The summed E-state index contributed by atoms with van der Waals surface area (Å²) in [5.41, 5.74) is 0. The fraction of sp³-hybridized carbons (Fsp3) is 0.765. The lowest BCUT2D eigenvalue weighted by molar-refractivity contribution is 0.177. The SMILES string of the molecule is CCCNC(c1occc1Br)C1CCC(C(C)C)CC1. The van der Waals surface area contributed by atoms with Crippen LogP contribution in [0.4, 0.5) is 0 Å². The van der Waals surface area contributed by atoms with E-state index in [0.29, 0.717) is 12.0 Å². The van der Waals surface area contributed by atoms with Crippen molar-refractivity contribution in [3.05, 3.63) is 22.6 Å². The Kier molecular flexibility index (Phi) is 6.16. The van der Waals surface area contributed by atoms with Crippen molar-refractivity contribution in [2.75, 3.05) is 6.54 Å². The fourth-order valence-electron chi connectivity index (χ4n) is 3.45. The molecule has 0 radical (unpaired) electrons. The molecule has 1 saturated carbocycles. The van der Waals surface area contributed by atoms with E-state index in [9.17, 15) is 0 Å². The van der Waals surface area contributed by atoms with Crippen LogP contribution in [0, 0.1) is 17.8 Å². The predicted molar refractivity (Wildman–Crippen MR) is 87.7 cm³/mol. The van der Waals surface area contributed by atoms with Crippen molar-refractivity contribution < 1.29 is 4.42 Å². The van der Waals surface area contributed by atoms with Gasteiger partial charge in [-0.3, -0.25) is 0 Å². The van der Waals surface area contributed by atoms with Gasteiger partial charge < -0.3 is 9.73 Å². The Balaban J connectivity index is 2.03. The van der Waals surface area contributed by atoms with Gasteiger partial charge in [0.2, 0.25) is 0 Å². The highest BCUT2D eigenvalue weighted by Crippen LogP contribution is 2.41. The van der Waals surface area contributed by atoms with Gasteiger partial charge in [-0.1, -0.05) is 20.8 Å². The van der Waals surface area contributed by atoms with Crippen LogP contribution in [0.25, 0.3) is 0 Å². The minimum atomic E-state index is 0.368. The molecule has 1 aliphatic rings. The van der Waals surface area contributed by atoms with Crippen molar-refractivity contribution in [1.29, 1.82) is 0 Å². The third-order valence-electron chi connectivity index (χ3n) is 4.77. The molecule has 1 aromatic heterocycles. The van der Waals surface area contributed by atoms with Gasteiger partial charge in [-0.25, -0.2) is 0 Å². The maximum absolute atomic E-state index is 5.74. The van der Waals surface area contributed by atoms with Crippen LogP contribution < -0.4 is 5.32 Å². The molecular formula is C17H28BrNO. The van der Waals surface area contributed by atoms with Crippen LogP contribution in [0.2, 0.25) is 0 Å². The molecule has 0 saturated heterocycles. The van der Waals surface area contributed by atoms with Crippen molar-refractivity contribution in [1.82, 2.24) is 5.32 Å². The van der Waals surface area contributed by atoms with Gasteiger partial charge in [0.15, 0.2) is 0 Å². The average Bonchev–Trinajstić information content (AvgIpc) is 2.86. The molecule has 0 bridgehead atoms. The van der Waals surface area contributed by atoms with Crippen molar-refractivity contribution >= 4 is 15.9 Å². The van der Waals surface area contributed by atoms with Gasteiger partial charge in [0.1, 0.15) is 5.76 Å². The number of halogens is 1. The van der Waals surface area contributed by atoms with Gasteiger partial charge in [0.25, 0.3) is 0 Å². The van der Waals surface area contributed by atoms with Crippen molar-refractivity contribution in [3.63, 3.8) is 0 Å². The normalized spacial score (nSPS) is 25.1. The second-order valence-electron chi connectivity index (χ2n) is 6.48. The largest absolute Gasteiger partial charge is 0.466 e. The van der Waals surface area contributed by atoms with E-state index in [0.717, 1.165) is 35.0 Å². The van der Waals surface area contributed by atoms with Crippen molar-refractivity contribution in [3.8, 4) is 0 Å². The standard InChI is InChI=1S/C17H28BrNO/c1-4-10-19-16(17-15(18)9-11-20-17)14-7-5-13(6-8-14)12(2)3/h9,11-14,16,19H,4-8,10H2,1-3H3. The first-order valence-electron chi connectivity index (χ1n) is 8.09. The monoisotopic (exact) mass is 341 g/mol. The number of furan rings is 1. The molecular weight excluding hydrogens is 314 g/mol. The maximum Gasteiger partial charge on any atom is 0.135 e. The second-order valence-corrected chi connectivity index (χ2v) is 7.34. The molecule has 2 rings (SSSR count). The zero-order valence-electron chi connectivity index (χ0n) is 13.0. The van der Waals surface area contributed by atoms with Crippen molar-refractivity contribution in [2.45, 2.75) is 58.9 Å². The molecule has 1 aliphatic carbocycles. The summed E-state index contributed by atoms with van der Waals surface area (Å²) < 4.78 is 6.85. The molecule has 114 valence electrons. The highest BCUT2D eigenvalue weighted by atomic mass is 79.9. The molecule has 3 heteroatoms. The highest BCUT2D eigenvalue weighted by molar-refractivity contribution is 9.10. The summed E-state index contributed by atoms with van der Waals surface area (Å²) in [4.78, 5) is 0. The van der Waals surface area contributed by atoms with Gasteiger partial charge in [-0.05, 0) is 78.4 Å². The van der Waals surface area contributed by atoms with Crippen LogP contribution in [0.1, 0.15) is 64.7 Å². The number of hydrogen-bond acceptors (Lipinski definition) is 2. The molecule has 20 heavy (non-hydrogen) atoms. The Morgan fingerprint density at radius 3 is 2.40 bits per heavy atom. The first-order valence-corrected chi connectivity index (χ1v) is 8.89. The lowest BCUT2D eigenvalue weighted by Crippen LogP contribution is -2.32. The molecule has 0 spiro atoms. The van der Waals surface area contributed by atoms with E-state index in [1.807, 2.05) is 6.07 Å². The summed E-state index contributed by atoms with van der Waals surface area (Å²) in [6.45, 7) is 8.00.